The summed E-state index contributed by atoms with van der Waals surface area (Å²) >= 11 is -2.99. The number of non-ortho nitro benzene ring substituents is 1. The Hall–Kier alpha value is -4.61. The molecule has 1 aliphatic rings. The standard InChI is InChI=1S/C34H35N5O5S/c1-33(21-25-22-36-27-14-4-3-13-26(25)27,32(40)37-23-34(18-6-2-7-19-34)30-17-5-8-20-35-30)38(45(43)44)28-15-9-11-24-12-10-16-29(31(24)28)39(41)42/h3-5,8-17,20,22,36H,2,6-7,18-19,21,23H2,1H3,(H,37,40)(H,43,44)/p-1. The zero-order chi connectivity index (χ0) is 31.6. The van der Waals surface area contributed by atoms with Crippen molar-refractivity contribution in [1.29, 1.82) is 0 Å². The van der Waals surface area contributed by atoms with E-state index >= 15 is 0 Å². The molecule has 2 heterocycles. The number of fused-ring (bicyclic) bond motifs is 2. The van der Waals surface area contributed by atoms with Crippen LogP contribution in [-0.2, 0) is 27.9 Å². The molecule has 3 aromatic carbocycles. The van der Waals surface area contributed by atoms with Crippen LogP contribution in [-0.4, -0.2) is 41.6 Å². The second-order valence-corrected chi connectivity index (χ2v) is 12.8. The van der Waals surface area contributed by atoms with Crippen LogP contribution in [0.4, 0.5) is 11.4 Å². The number of aromatic nitrogens is 2. The lowest BCUT2D eigenvalue weighted by atomic mass is 9.71. The molecule has 2 N–H and O–H groups in total. The number of nitro benzene ring substituents is 1. The van der Waals surface area contributed by atoms with E-state index < -0.39 is 33.1 Å². The quantitative estimate of drug-likeness (QED) is 0.107. The molecule has 45 heavy (non-hydrogen) atoms. The summed E-state index contributed by atoms with van der Waals surface area (Å²) in [5, 5.41) is 16.8. The molecule has 0 spiro atoms. The van der Waals surface area contributed by atoms with Gasteiger partial charge in [-0.3, -0.25) is 28.4 Å². The maximum absolute atomic E-state index is 14.6. The fourth-order valence-corrected chi connectivity index (χ4v) is 7.68. The van der Waals surface area contributed by atoms with Crippen LogP contribution in [0.15, 0.2) is 91.3 Å². The van der Waals surface area contributed by atoms with Crippen molar-refractivity contribution in [3.63, 3.8) is 0 Å². The van der Waals surface area contributed by atoms with Gasteiger partial charge in [0.15, 0.2) is 0 Å². The van der Waals surface area contributed by atoms with Crippen molar-refractivity contribution in [2.24, 2.45) is 0 Å². The highest BCUT2D eigenvalue weighted by Crippen LogP contribution is 2.41. The van der Waals surface area contributed by atoms with Gasteiger partial charge < -0.3 is 14.9 Å². The van der Waals surface area contributed by atoms with Crippen molar-refractivity contribution in [1.82, 2.24) is 15.3 Å². The lowest BCUT2D eigenvalue weighted by Crippen LogP contribution is -2.60. The summed E-state index contributed by atoms with van der Waals surface area (Å²) in [6.07, 6.45) is 8.32. The SMILES string of the molecule is CC(Cc1c[nH]c2ccccc12)(C(=O)NCC1(c2ccccn2)CCCCC1)N(c1cccc2cccc([N+](=O)[O-])c12)S(=O)[O-]. The van der Waals surface area contributed by atoms with Gasteiger partial charge >= 0.3 is 0 Å². The molecule has 0 radical (unpaired) electrons. The van der Waals surface area contributed by atoms with E-state index in [-0.39, 0.29) is 29.7 Å². The summed E-state index contributed by atoms with van der Waals surface area (Å²) < 4.78 is 27.6. The van der Waals surface area contributed by atoms with Crippen molar-refractivity contribution in [3.8, 4) is 0 Å². The highest BCUT2D eigenvalue weighted by atomic mass is 32.2. The monoisotopic (exact) mass is 624 g/mol. The Kier molecular flexibility index (Phi) is 8.39. The minimum atomic E-state index is -2.99. The number of nitro groups is 1. The predicted molar refractivity (Wildman–Crippen MR) is 174 cm³/mol. The number of anilines is 1. The Labute approximate surface area is 263 Å². The number of H-pyrrole nitrogens is 1. The normalized spacial score (nSPS) is 16.6. The second-order valence-electron chi connectivity index (χ2n) is 12.0. The molecule has 0 bridgehead atoms. The number of hydrogen-bond donors (Lipinski definition) is 2. The number of carbonyl (C=O) groups excluding carboxylic acids is 1. The maximum Gasteiger partial charge on any atom is 0.279 e. The number of hydrogen-bond acceptors (Lipinski definition) is 6. The van der Waals surface area contributed by atoms with Crippen LogP contribution in [0.2, 0.25) is 0 Å². The summed E-state index contributed by atoms with van der Waals surface area (Å²) in [6.45, 7) is 1.86. The lowest BCUT2D eigenvalue weighted by molar-refractivity contribution is -0.383. The zero-order valence-corrected chi connectivity index (χ0v) is 25.7. The van der Waals surface area contributed by atoms with Gasteiger partial charge in [-0.25, -0.2) is 0 Å². The van der Waals surface area contributed by atoms with Gasteiger partial charge in [0.2, 0.25) is 5.91 Å². The number of benzene rings is 3. The highest BCUT2D eigenvalue weighted by molar-refractivity contribution is 7.80. The number of rotatable bonds is 10. The van der Waals surface area contributed by atoms with Gasteiger partial charge in [0, 0.05) is 64.7 Å². The van der Waals surface area contributed by atoms with E-state index in [4.69, 9.17) is 0 Å². The summed E-state index contributed by atoms with van der Waals surface area (Å²) in [5.41, 5.74) is 0.198. The van der Waals surface area contributed by atoms with Gasteiger partial charge in [0.25, 0.3) is 5.69 Å². The third kappa shape index (κ3) is 5.69. The number of amides is 1. The van der Waals surface area contributed by atoms with E-state index in [0.717, 1.165) is 58.6 Å². The van der Waals surface area contributed by atoms with E-state index in [2.05, 4.69) is 15.3 Å². The summed E-state index contributed by atoms with van der Waals surface area (Å²) in [5.74, 6) is -0.506. The summed E-state index contributed by atoms with van der Waals surface area (Å²) in [4.78, 5) is 34.1. The molecule has 1 amide bonds. The maximum atomic E-state index is 14.6. The molecule has 2 unspecified atom stereocenters. The Morgan fingerprint density at radius 3 is 2.49 bits per heavy atom. The predicted octanol–water partition coefficient (Wildman–Crippen LogP) is 6.24. The topological polar surface area (TPSA) is 144 Å². The van der Waals surface area contributed by atoms with Gasteiger partial charge in [-0.2, -0.15) is 0 Å². The first kappa shape index (κ1) is 30.4. The smallest absolute Gasteiger partial charge is 0.279 e. The Morgan fingerprint density at radius 1 is 1.04 bits per heavy atom. The highest BCUT2D eigenvalue weighted by Gasteiger charge is 2.44. The van der Waals surface area contributed by atoms with Crippen molar-refractivity contribution in [2.45, 2.75) is 56.4 Å². The zero-order valence-electron chi connectivity index (χ0n) is 24.9. The van der Waals surface area contributed by atoms with Gasteiger partial charge in [-0.1, -0.05) is 67.8 Å². The number of nitrogens with one attached hydrogen (secondary N) is 2. The molecule has 1 aliphatic carbocycles. The van der Waals surface area contributed by atoms with Crippen LogP contribution >= 0.6 is 0 Å². The first-order chi connectivity index (χ1) is 21.7. The molecule has 10 nitrogen and oxygen atoms in total. The largest absolute Gasteiger partial charge is 0.755 e. The minimum absolute atomic E-state index is 0.00440. The molecule has 2 atom stereocenters. The molecule has 11 heteroatoms. The molecular formula is C34H34N5O5S-. The van der Waals surface area contributed by atoms with Crippen LogP contribution < -0.4 is 9.62 Å². The molecule has 0 aliphatic heterocycles. The number of aromatic amines is 1. The van der Waals surface area contributed by atoms with Crippen LogP contribution in [0.1, 0.15) is 50.3 Å². The number of carbonyl (C=O) groups is 1. The molecule has 5 aromatic rings. The van der Waals surface area contributed by atoms with Crippen LogP contribution in [0.3, 0.4) is 0 Å². The minimum Gasteiger partial charge on any atom is -0.755 e. The first-order valence-corrected chi connectivity index (χ1v) is 16.1. The molecule has 232 valence electrons. The van der Waals surface area contributed by atoms with Crippen molar-refractivity contribution in [3.05, 3.63) is 113 Å². The molecule has 1 saturated carbocycles. The Bertz CT molecular complexity index is 1880. The van der Waals surface area contributed by atoms with Crippen LogP contribution in [0.5, 0.6) is 0 Å². The van der Waals surface area contributed by atoms with E-state index in [1.54, 1.807) is 43.6 Å². The van der Waals surface area contributed by atoms with E-state index in [9.17, 15) is 23.7 Å². The van der Waals surface area contributed by atoms with Crippen molar-refractivity contribution < 1.29 is 18.5 Å². The number of para-hydroxylation sites is 1. The van der Waals surface area contributed by atoms with Gasteiger partial charge in [0.1, 0.15) is 5.54 Å². The second kappa shape index (κ2) is 12.4. The average molecular weight is 625 g/mol. The van der Waals surface area contributed by atoms with Crippen LogP contribution in [0.25, 0.3) is 21.7 Å². The average Bonchev–Trinajstić information content (AvgIpc) is 3.46. The number of nitrogens with zero attached hydrogens (tertiary/aromatic N) is 3. The molecule has 6 rings (SSSR count). The van der Waals surface area contributed by atoms with E-state index in [0.29, 0.717) is 5.39 Å². The third-order valence-corrected chi connectivity index (χ3v) is 10.1. The fourth-order valence-electron chi connectivity index (χ4n) is 6.90. The fraction of sp³-hybridized carbons (Fsp3) is 0.294. The van der Waals surface area contributed by atoms with Crippen LogP contribution in [0, 0.1) is 10.1 Å². The van der Waals surface area contributed by atoms with Gasteiger partial charge in [-0.15, -0.1) is 0 Å². The summed E-state index contributed by atoms with van der Waals surface area (Å²) in [7, 11) is 0. The Morgan fingerprint density at radius 2 is 1.78 bits per heavy atom. The van der Waals surface area contributed by atoms with Crippen molar-refractivity contribution >= 4 is 50.2 Å². The lowest BCUT2D eigenvalue weighted by Gasteiger charge is -2.44. The van der Waals surface area contributed by atoms with Gasteiger partial charge in [0.05, 0.1) is 16.0 Å². The van der Waals surface area contributed by atoms with Crippen molar-refractivity contribution in [2.75, 3.05) is 10.8 Å². The number of pyridine rings is 1. The summed E-state index contributed by atoms with van der Waals surface area (Å²) in [6, 6.07) is 22.8. The third-order valence-electron chi connectivity index (χ3n) is 9.18. The Balaban J connectivity index is 1.48. The first-order valence-electron chi connectivity index (χ1n) is 15.0. The molecular weight excluding hydrogens is 590 g/mol. The van der Waals surface area contributed by atoms with E-state index in [1.165, 1.54) is 12.1 Å². The van der Waals surface area contributed by atoms with E-state index in [1.807, 2.05) is 42.5 Å². The molecule has 1 fully saturated rings. The molecule has 0 saturated heterocycles. The molecule has 2 aromatic heterocycles. The van der Waals surface area contributed by atoms with Gasteiger partial charge in [-0.05, 0) is 55.0 Å².